The van der Waals surface area contributed by atoms with Crippen LogP contribution in [-0.2, 0) is 6.18 Å². The van der Waals surface area contributed by atoms with Gasteiger partial charge in [0.05, 0.1) is 16.3 Å². The number of pyridine rings is 1. The van der Waals surface area contributed by atoms with Gasteiger partial charge in [-0.3, -0.25) is 5.43 Å². The molecule has 0 amide bonds. The van der Waals surface area contributed by atoms with Crippen LogP contribution in [0.25, 0.3) is 0 Å². The molecule has 0 saturated carbocycles. The van der Waals surface area contributed by atoms with E-state index in [1.54, 1.807) is 0 Å². The first kappa shape index (κ1) is 17.6. The zero-order valence-corrected chi connectivity index (χ0v) is 14.0. The summed E-state index contributed by atoms with van der Waals surface area (Å²) < 4.78 is 38.6. The first-order valence-corrected chi connectivity index (χ1v) is 7.37. The summed E-state index contributed by atoms with van der Waals surface area (Å²) in [6.07, 6.45) is -3.24. The normalized spacial score (nSPS) is 11.9. The highest BCUT2D eigenvalue weighted by Crippen LogP contribution is 2.31. The summed E-state index contributed by atoms with van der Waals surface area (Å²) in [5.74, 6) is -0.151. The molecule has 4 nitrogen and oxygen atoms in total. The smallest absolute Gasteiger partial charge is 0.416 e. The molecule has 23 heavy (non-hydrogen) atoms. The van der Waals surface area contributed by atoms with Gasteiger partial charge in [-0.15, -0.1) is 0 Å². The molecule has 0 aliphatic heterocycles. The Kier molecular flexibility index (Phi) is 5.16. The zero-order valence-electron chi connectivity index (χ0n) is 11.6. The molecule has 1 aromatic heterocycles. The first-order valence-electron chi connectivity index (χ1n) is 6.20. The van der Waals surface area contributed by atoms with Crippen molar-refractivity contribution in [3.05, 3.63) is 50.6 Å². The maximum absolute atomic E-state index is 12.7. The van der Waals surface area contributed by atoms with Crippen molar-refractivity contribution >= 4 is 39.6 Å². The van der Waals surface area contributed by atoms with Gasteiger partial charge < -0.3 is 5.11 Å². The number of hydrazone groups is 1. The number of anilines is 1. The van der Waals surface area contributed by atoms with E-state index in [-0.39, 0.29) is 17.3 Å². The molecule has 1 heterocycles. The minimum absolute atomic E-state index is 0.0610. The van der Waals surface area contributed by atoms with Gasteiger partial charge in [0.25, 0.3) is 0 Å². The van der Waals surface area contributed by atoms with Crippen molar-refractivity contribution in [2.75, 3.05) is 5.43 Å². The molecule has 122 valence electrons. The Bertz CT molecular complexity index is 766. The summed E-state index contributed by atoms with van der Waals surface area (Å²) in [7, 11) is 0. The number of hydrogen-bond acceptors (Lipinski definition) is 4. The lowest BCUT2D eigenvalue weighted by molar-refractivity contribution is -0.137. The number of aromatic nitrogens is 1. The molecule has 2 N–H and O–H groups in total. The average Bonchev–Trinajstić information content (AvgIpc) is 2.42. The Balaban J connectivity index is 2.23. The second-order valence-corrected chi connectivity index (χ2v) is 5.87. The maximum Gasteiger partial charge on any atom is 0.416 e. The summed E-state index contributed by atoms with van der Waals surface area (Å²) in [5.41, 5.74) is 2.07. The number of phenolic OH excluding ortho intramolecular Hbond substituents is 1. The van der Waals surface area contributed by atoms with Gasteiger partial charge in [-0.1, -0.05) is 11.6 Å². The van der Waals surface area contributed by atoms with E-state index in [0.29, 0.717) is 15.1 Å². The van der Waals surface area contributed by atoms with Gasteiger partial charge in [0.15, 0.2) is 0 Å². The van der Waals surface area contributed by atoms with Gasteiger partial charge in [0.1, 0.15) is 11.6 Å². The van der Waals surface area contributed by atoms with E-state index in [4.69, 9.17) is 11.6 Å². The molecule has 0 unspecified atom stereocenters. The fourth-order valence-corrected chi connectivity index (χ4v) is 2.58. The number of aromatic hydroxyl groups is 1. The van der Waals surface area contributed by atoms with E-state index >= 15 is 0 Å². The van der Waals surface area contributed by atoms with E-state index in [1.807, 2.05) is 0 Å². The Morgan fingerprint density at radius 3 is 2.65 bits per heavy atom. The van der Waals surface area contributed by atoms with Gasteiger partial charge in [0, 0.05) is 16.3 Å². The number of nitrogens with zero attached hydrogens (tertiary/aromatic N) is 2. The summed E-state index contributed by atoms with van der Waals surface area (Å²) in [5, 5.41) is 14.0. The highest BCUT2D eigenvalue weighted by molar-refractivity contribution is 9.10. The fraction of sp³-hybridized carbons (Fsp3) is 0.143. The van der Waals surface area contributed by atoms with Crippen LogP contribution in [0.4, 0.5) is 19.0 Å². The lowest BCUT2D eigenvalue weighted by atomic mass is 10.2. The Morgan fingerprint density at radius 1 is 1.30 bits per heavy atom. The SMILES string of the molecule is Cc1cc(C(F)(F)F)cc(N/N=C/c2cc(Cl)cc(Br)c2O)n1. The van der Waals surface area contributed by atoms with E-state index in [1.165, 1.54) is 25.3 Å². The Labute approximate surface area is 143 Å². The van der Waals surface area contributed by atoms with Crippen LogP contribution in [0.15, 0.2) is 33.8 Å². The Hall–Kier alpha value is -1.80. The lowest BCUT2D eigenvalue weighted by Crippen LogP contribution is -2.07. The fourth-order valence-electron chi connectivity index (χ4n) is 1.74. The van der Waals surface area contributed by atoms with Crippen LogP contribution in [-0.4, -0.2) is 16.3 Å². The molecule has 0 bridgehead atoms. The van der Waals surface area contributed by atoms with Crippen LogP contribution in [0.5, 0.6) is 5.75 Å². The van der Waals surface area contributed by atoms with E-state index in [0.717, 1.165) is 12.1 Å². The zero-order chi connectivity index (χ0) is 17.2. The average molecular weight is 409 g/mol. The van der Waals surface area contributed by atoms with Crippen LogP contribution >= 0.6 is 27.5 Å². The number of halogens is 5. The van der Waals surface area contributed by atoms with Crippen molar-refractivity contribution in [1.29, 1.82) is 0 Å². The van der Waals surface area contributed by atoms with E-state index < -0.39 is 11.7 Å². The molecule has 0 spiro atoms. The predicted octanol–water partition coefficient (Wildman–Crippen LogP) is 4.98. The molecule has 2 aromatic rings. The van der Waals surface area contributed by atoms with Crippen LogP contribution in [0.3, 0.4) is 0 Å². The van der Waals surface area contributed by atoms with Gasteiger partial charge in [-0.05, 0) is 47.1 Å². The molecule has 0 saturated heterocycles. The summed E-state index contributed by atoms with van der Waals surface area (Å²) in [4.78, 5) is 3.91. The molecule has 0 fully saturated rings. The van der Waals surface area contributed by atoms with Crippen LogP contribution in [0, 0.1) is 6.92 Å². The minimum atomic E-state index is -4.47. The van der Waals surface area contributed by atoms with Crippen molar-refractivity contribution in [1.82, 2.24) is 4.98 Å². The minimum Gasteiger partial charge on any atom is -0.506 e. The number of hydrogen-bond donors (Lipinski definition) is 2. The van der Waals surface area contributed by atoms with Gasteiger partial charge >= 0.3 is 6.18 Å². The van der Waals surface area contributed by atoms with Crippen LogP contribution < -0.4 is 5.43 Å². The van der Waals surface area contributed by atoms with Crippen molar-refractivity contribution in [2.24, 2.45) is 5.10 Å². The quantitative estimate of drug-likeness (QED) is 0.556. The molecule has 2 rings (SSSR count). The van der Waals surface area contributed by atoms with Crippen LogP contribution in [0.1, 0.15) is 16.8 Å². The lowest BCUT2D eigenvalue weighted by Gasteiger charge is -2.09. The number of aryl methyl sites for hydroxylation is 1. The highest BCUT2D eigenvalue weighted by atomic mass is 79.9. The monoisotopic (exact) mass is 407 g/mol. The molecule has 0 aliphatic rings. The molecular weight excluding hydrogens is 399 g/mol. The van der Waals surface area contributed by atoms with Gasteiger partial charge in [0.2, 0.25) is 0 Å². The number of alkyl halides is 3. The third-order valence-corrected chi connectivity index (χ3v) is 3.54. The molecular formula is C14H10BrClF3N3O. The third kappa shape index (κ3) is 4.59. The van der Waals surface area contributed by atoms with Crippen molar-refractivity contribution in [3.63, 3.8) is 0 Å². The number of benzene rings is 1. The van der Waals surface area contributed by atoms with E-state index in [9.17, 15) is 18.3 Å². The third-order valence-electron chi connectivity index (χ3n) is 2.72. The van der Waals surface area contributed by atoms with Crippen molar-refractivity contribution in [2.45, 2.75) is 13.1 Å². The van der Waals surface area contributed by atoms with Gasteiger partial charge in [-0.2, -0.15) is 18.3 Å². The van der Waals surface area contributed by atoms with E-state index in [2.05, 4.69) is 31.4 Å². The number of rotatable bonds is 3. The highest BCUT2D eigenvalue weighted by Gasteiger charge is 2.31. The molecule has 0 aliphatic carbocycles. The topological polar surface area (TPSA) is 57.5 Å². The summed E-state index contributed by atoms with van der Waals surface area (Å²) in [6, 6.07) is 4.74. The second-order valence-electron chi connectivity index (χ2n) is 4.58. The number of nitrogens with one attached hydrogen (secondary N) is 1. The van der Waals surface area contributed by atoms with Crippen molar-refractivity contribution in [3.8, 4) is 5.75 Å². The standard InChI is InChI=1S/C14H10BrClF3N3O/c1-7-2-9(14(17,18)19)4-12(21-7)22-20-6-8-3-10(16)5-11(15)13(8)23/h2-6,23H,1H3,(H,21,22)/b20-6+. The van der Waals surface area contributed by atoms with Crippen LogP contribution in [0.2, 0.25) is 5.02 Å². The summed E-state index contributed by atoms with van der Waals surface area (Å²) >= 11 is 8.97. The van der Waals surface area contributed by atoms with Gasteiger partial charge in [-0.25, -0.2) is 4.98 Å². The maximum atomic E-state index is 12.7. The molecule has 0 atom stereocenters. The second kappa shape index (κ2) is 6.76. The Morgan fingerprint density at radius 2 is 2.00 bits per heavy atom. The molecule has 9 heteroatoms. The number of phenols is 1. The molecule has 0 radical (unpaired) electrons. The molecule has 1 aromatic carbocycles. The summed E-state index contributed by atoms with van der Waals surface area (Å²) in [6.45, 7) is 1.45. The largest absolute Gasteiger partial charge is 0.506 e. The first-order chi connectivity index (χ1) is 10.7. The van der Waals surface area contributed by atoms with Crippen molar-refractivity contribution < 1.29 is 18.3 Å². The predicted molar refractivity (Wildman–Crippen MR) is 86.0 cm³/mol.